The molecule has 1 saturated heterocycles. The van der Waals surface area contributed by atoms with Gasteiger partial charge < -0.3 is 25.0 Å². The van der Waals surface area contributed by atoms with E-state index in [2.05, 4.69) is 22.5 Å². The largest absolute Gasteiger partial charge is 0.497 e. The van der Waals surface area contributed by atoms with Gasteiger partial charge in [-0.2, -0.15) is 0 Å². The number of benzene rings is 1. The minimum atomic E-state index is 0.430. The van der Waals surface area contributed by atoms with Crippen molar-refractivity contribution in [3.8, 4) is 11.5 Å². The quantitative estimate of drug-likeness (QED) is 0.812. The molecule has 0 saturated carbocycles. The zero-order chi connectivity index (χ0) is 15.9. The summed E-state index contributed by atoms with van der Waals surface area (Å²) in [6, 6.07) is 6.04. The third-order valence-electron chi connectivity index (χ3n) is 4.02. The van der Waals surface area contributed by atoms with E-state index >= 15 is 0 Å². The Balaban J connectivity index is 1.92. The van der Waals surface area contributed by atoms with Gasteiger partial charge in [-0.3, -0.25) is 0 Å². The number of methoxy groups -OCH3 is 2. The van der Waals surface area contributed by atoms with Crippen molar-refractivity contribution in [1.82, 2.24) is 10.2 Å². The Bertz CT molecular complexity index is 502. The van der Waals surface area contributed by atoms with Crippen LogP contribution in [0.3, 0.4) is 0 Å². The highest BCUT2D eigenvalue weighted by atomic mass is 32.1. The van der Waals surface area contributed by atoms with Crippen molar-refractivity contribution >= 4 is 23.0 Å². The maximum absolute atomic E-state index is 5.43. The summed E-state index contributed by atoms with van der Waals surface area (Å²) in [7, 11) is 3.29. The molecule has 0 amide bonds. The van der Waals surface area contributed by atoms with Crippen molar-refractivity contribution in [3.05, 3.63) is 18.2 Å². The van der Waals surface area contributed by atoms with Gasteiger partial charge in [-0.1, -0.05) is 6.92 Å². The Kier molecular flexibility index (Phi) is 6.27. The monoisotopic (exact) mass is 323 g/mol. The lowest BCUT2D eigenvalue weighted by Crippen LogP contribution is -2.45. The highest BCUT2D eigenvalue weighted by Crippen LogP contribution is 2.28. The molecule has 0 radical (unpaired) electrons. The maximum atomic E-state index is 5.43. The zero-order valence-corrected chi connectivity index (χ0v) is 14.3. The van der Waals surface area contributed by atoms with E-state index in [1.165, 1.54) is 0 Å². The van der Waals surface area contributed by atoms with Crippen molar-refractivity contribution in [2.24, 2.45) is 0 Å². The van der Waals surface area contributed by atoms with Gasteiger partial charge in [0.25, 0.3) is 0 Å². The minimum absolute atomic E-state index is 0.430. The van der Waals surface area contributed by atoms with Gasteiger partial charge in [0.1, 0.15) is 11.5 Å². The van der Waals surface area contributed by atoms with Crippen LogP contribution in [0, 0.1) is 0 Å². The third-order valence-corrected chi connectivity index (χ3v) is 4.24. The Morgan fingerprint density at radius 3 is 2.59 bits per heavy atom. The van der Waals surface area contributed by atoms with Gasteiger partial charge in [0.2, 0.25) is 0 Å². The summed E-state index contributed by atoms with van der Waals surface area (Å²) in [6.45, 7) is 5.57. The molecule has 1 fully saturated rings. The first kappa shape index (κ1) is 16.8. The van der Waals surface area contributed by atoms with Crippen molar-refractivity contribution in [2.75, 3.05) is 39.2 Å². The van der Waals surface area contributed by atoms with E-state index in [0.717, 1.165) is 49.7 Å². The highest BCUT2D eigenvalue weighted by molar-refractivity contribution is 7.80. The van der Waals surface area contributed by atoms with Crippen LogP contribution in [-0.4, -0.2) is 49.9 Å². The molecule has 0 spiro atoms. The van der Waals surface area contributed by atoms with E-state index in [1.54, 1.807) is 14.2 Å². The van der Waals surface area contributed by atoms with Crippen LogP contribution >= 0.6 is 12.2 Å². The number of thiocarbonyl (C=S) groups is 1. The Morgan fingerprint density at radius 2 is 2.00 bits per heavy atom. The molecule has 0 unspecified atom stereocenters. The number of anilines is 1. The van der Waals surface area contributed by atoms with Gasteiger partial charge in [0.15, 0.2) is 5.11 Å². The standard InChI is InChI=1S/C16H25N3O2S/c1-4-19-9-7-12(8-10-19)17-16(22)18-14-11-13(20-2)5-6-15(14)21-3/h5-6,11-12H,4,7-10H2,1-3H3,(H2,17,18,22). The van der Waals surface area contributed by atoms with Gasteiger partial charge in [0.05, 0.1) is 19.9 Å². The van der Waals surface area contributed by atoms with Crippen LogP contribution < -0.4 is 20.1 Å². The number of nitrogens with one attached hydrogen (secondary N) is 2. The molecule has 2 N–H and O–H groups in total. The van der Waals surface area contributed by atoms with Crippen LogP contribution in [-0.2, 0) is 0 Å². The number of ether oxygens (including phenoxy) is 2. The van der Waals surface area contributed by atoms with Crippen LogP contribution in [0.1, 0.15) is 19.8 Å². The highest BCUT2D eigenvalue weighted by Gasteiger charge is 2.18. The minimum Gasteiger partial charge on any atom is -0.497 e. The third kappa shape index (κ3) is 4.48. The smallest absolute Gasteiger partial charge is 0.171 e. The van der Waals surface area contributed by atoms with E-state index in [9.17, 15) is 0 Å². The van der Waals surface area contributed by atoms with Crippen molar-refractivity contribution in [3.63, 3.8) is 0 Å². The molecular weight excluding hydrogens is 298 g/mol. The molecule has 1 aliphatic heterocycles. The molecule has 22 heavy (non-hydrogen) atoms. The predicted octanol–water partition coefficient (Wildman–Crippen LogP) is 2.47. The summed E-state index contributed by atoms with van der Waals surface area (Å²) in [5.41, 5.74) is 0.811. The maximum Gasteiger partial charge on any atom is 0.171 e. The van der Waals surface area contributed by atoms with Gasteiger partial charge in [-0.05, 0) is 43.7 Å². The van der Waals surface area contributed by atoms with Gasteiger partial charge in [-0.15, -0.1) is 0 Å². The van der Waals surface area contributed by atoms with E-state index in [1.807, 2.05) is 18.2 Å². The average molecular weight is 323 g/mol. The first-order chi connectivity index (χ1) is 10.7. The van der Waals surface area contributed by atoms with E-state index in [0.29, 0.717) is 11.2 Å². The SMILES string of the molecule is CCN1CCC(NC(=S)Nc2cc(OC)ccc2OC)CC1. The summed E-state index contributed by atoms with van der Waals surface area (Å²) in [5.74, 6) is 1.51. The molecule has 6 heteroatoms. The summed E-state index contributed by atoms with van der Waals surface area (Å²) in [5, 5.41) is 7.23. The number of nitrogens with zero attached hydrogens (tertiary/aromatic N) is 1. The lowest BCUT2D eigenvalue weighted by molar-refractivity contribution is 0.216. The molecule has 0 atom stereocenters. The van der Waals surface area contributed by atoms with E-state index in [-0.39, 0.29) is 0 Å². The zero-order valence-electron chi connectivity index (χ0n) is 13.5. The molecule has 1 heterocycles. The second-order valence-electron chi connectivity index (χ2n) is 5.37. The lowest BCUT2D eigenvalue weighted by Gasteiger charge is -2.32. The predicted molar refractivity (Wildman–Crippen MR) is 94.0 cm³/mol. The van der Waals surface area contributed by atoms with Gasteiger partial charge in [-0.25, -0.2) is 0 Å². The Morgan fingerprint density at radius 1 is 1.27 bits per heavy atom. The summed E-state index contributed by atoms with van der Waals surface area (Å²) in [4.78, 5) is 2.46. The first-order valence-electron chi connectivity index (χ1n) is 7.68. The van der Waals surface area contributed by atoms with Crippen LogP contribution in [0.25, 0.3) is 0 Å². The van der Waals surface area contributed by atoms with Crippen LogP contribution in [0.5, 0.6) is 11.5 Å². The first-order valence-corrected chi connectivity index (χ1v) is 8.09. The van der Waals surface area contributed by atoms with Crippen LogP contribution in [0.15, 0.2) is 18.2 Å². The fourth-order valence-corrected chi connectivity index (χ4v) is 2.93. The molecule has 122 valence electrons. The molecule has 5 nitrogen and oxygen atoms in total. The molecule has 1 aliphatic rings. The van der Waals surface area contributed by atoms with Crippen molar-refractivity contribution in [2.45, 2.75) is 25.8 Å². The molecular formula is C16H25N3O2S. The number of rotatable bonds is 5. The molecule has 0 aromatic heterocycles. The lowest BCUT2D eigenvalue weighted by atomic mass is 10.1. The molecule has 2 rings (SSSR count). The normalized spacial score (nSPS) is 16.1. The Labute approximate surface area is 138 Å². The van der Waals surface area contributed by atoms with Crippen molar-refractivity contribution in [1.29, 1.82) is 0 Å². The van der Waals surface area contributed by atoms with Gasteiger partial charge in [0, 0.05) is 25.2 Å². The number of hydrogen-bond donors (Lipinski definition) is 2. The topological polar surface area (TPSA) is 45.8 Å². The number of likely N-dealkylation sites (tertiary alicyclic amines) is 1. The van der Waals surface area contributed by atoms with Crippen LogP contribution in [0.4, 0.5) is 5.69 Å². The average Bonchev–Trinajstić information content (AvgIpc) is 2.55. The summed E-state index contributed by atoms with van der Waals surface area (Å²) >= 11 is 5.43. The Hall–Kier alpha value is -1.53. The van der Waals surface area contributed by atoms with Gasteiger partial charge >= 0.3 is 0 Å². The van der Waals surface area contributed by atoms with Crippen LogP contribution in [0.2, 0.25) is 0 Å². The second-order valence-corrected chi connectivity index (χ2v) is 5.78. The van der Waals surface area contributed by atoms with Crippen molar-refractivity contribution < 1.29 is 9.47 Å². The fourth-order valence-electron chi connectivity index (χ4n) is 2.65. The molecule has 0 aliphatic carbocycles. The van der Waals surface area contributed by atoms with E-state index in [4.69, 9.17) is 21.7 Å². The second kappa shape index (κ2) is 8.19. The number of piperidine rings is 1. The molecule has 1 aromatic carbocycles. The van der Waals surface area contributed by atoms with E-state index < -0.39 is 0 Å². The summed E-state index contributed by atoms with van der Waals surface area (Å²) < 4.78 is 10.6. The molecule has 1 aromatic rings. The molecule has 0 bridgehead atoms. The summed E-state index contributed by atoms with van der Waals surface area (Å²) in [6.07, 6.45) is 2.23. The number of hydrogen-bond acceptors (Lipinski definition) is 4. The fraction of sp³-hybridized carbons (Fsp3) is 0.562.